The van der Waals surface area contributed by atoms with Gasteiger partial charge in [-0.1, -0.05) is 237 Å². The fourth-order valence-corrected chi connectivity index (χ4v) is 7.49. The standard InChI is InChI=1S/C67H106O6/c1-4-7-10-13-16-19-22-25-28-30-32-33-35-36-39-42-45-48-51-54-57-60-66(69)72-63-64(62-71-65(68)59-56-53-50-47-44-41-38-27-24-21-18-15-12-9-6-3)73-67(70)61-58-55-52-49-46-43-40-37-34-31-29-26-23-20-17-14-11-8-5-2/h8-9,11-12,17-18,20-22,25-27,29-30,32,34,37-38,43-44,46-47,52,55,64H,4-7,10,13-16,19,23-24,28,31,33,35-36,39-42,45,48-51,53-54,56-63H2,1-3H3/b11-8-,12-9-,20-17-,21-18-,25-22-,29-26-,32-30-,37-34-,38-27-,46-43-,47-44-,55-52-. The van der Waals surface area contributed by atoms with Gasteiger partial charge in [-0.2, -0.15) is 0 Å². The largest absolute Gasteiger partial charge is 0.462 e. The second kappa shape index (κ2) is 59.8. The van der Waals surface area contributed by atoms with Crippen molar-refractivity contribution < 1.29 is 28.6 Å². The molecule has 1 unspecified atom stereocenters. The quantitative estimate of drug-likeness (QED) is 0.0261. The molecule has 0 saturated carbocycles. The van der Waals surface area contributed by atoms with Crippen LogP contribution in [-0.2, 0) is 28.6 Å². The topological polar surface area (TPSA) is 78.9 Å². The molecule has 0 spiro atoms. The highest BCUT2D eigenvalue weighted by Crippen LogP contribution is 2.13. The van der Waals surface area contributed by atoms with E-state index in [4.69, 9.17) is 14.2 Å². The highest BCUT2D eigenvalue weighted by Gasteiger charge is 2.19. The van der Waals surface area contributed by atoms with Gasteiger partial charge in [0.05, 0.1) is 0 Å². The van der Waals surface area contributed by atoms with Gasteiger partial charge in [0.1, 0.15) is 13.2 Å². The molecule has 6 nitrogen and oxygen atoms in total. The molecule has 410 valence electrons. The molecule has 0 saturated heterocycles. The first-order valence-electron chi connectivity index (χ1n) is 29.3. The van der Waals surface area contributed by atoms with E-state index in [0.717, 1.165) is 103 Å². The van der Waals surface area contributed by atoms with Crippen LogP contribution in [-0.4, -0.2) is 37.2 Å². The minimum atomic E-state index is -0.844. The Morgan fingerprint density at radius 1 is 0.288 bits per heavy atom. The van der Waals surface area contributed by atoms with Crippen LogP contribution in [0.2, 0.25) is 0 Å². The molecule has 0 bridgehead atoms. The van der Waals surface area contributed by atoms with Gasteiger partial charge in [-0.3, -0.25) is 14.4 Å². The van der Waals surface area contributed by atoms with E-state index in [-0.39, 0.29) is 38.0 Å². The normalized spacial score (nSPS) is 13.2. The summed E-state index contributed by atoms with van der Waals surface area (Å²) in [6.45, 7) is 6.29. The molecule has 0 aromatic carbocycles. The van der Waals surface area contributed by atoms with Gasteiger partial charge < -0.3 is 14.2 Å². The van der Waals surface area contributed by atoms with Gasteiger partial charge in [0.15, 0.2) is 6.10 Å². The van der Waals surface area contributed by atoms with Crippen molar-refractivity contribution >= 4 is 17.9 Å². The average Bonchev–Trinajstić information content (AvgIpc) is 3.39. The maximum absolute atomic E-state index is 12.8. The average molecular weight is 1010 g/mol. The molecule has 0 heterocycles. The molecule has 0 aliphatic rings. The summed E-state index contributed by atoms with van der Waals surface area (Å²) in [4.78, 5) is 38.2. The Morgan fingerprint density at radius 3 is 0.918 bits per heavy atom. The van der Waals surface area contributed by atoms with Gasteiger partial charge in [-0.25, -0.2) is 0 Å². The lowest BCUT2D eigenvalue weighted by Gasteiger charge is -2.18. The van der Waals surface area contributed by atoms with Crippen LogP contribution in [0.25, 0.3) is 0 Å². The van der Waals surface area contributed by atoms with Gasteiger partial charge in [0.25, 0.3) is 0 Å². The number of hydrogen-bond donors (Lipinski definition) is 0. The minimum absolute atomic E-state index is 0.129. The molecule has 1 atom stereocenters. The lowest BCUT2D eigenvalue weighted by atomic mass is 10.1. The number of allylic oxidation sites excluding steroid dienone is 24. The molecule has 0 aliphatic carbocycles. The van der Waals surface area contributed by atoms with E-state index in [0.29, 0.717) is 19.3 Å². The van der Waals surface area contributed by atoms with E-state index in [2.05, 4.69) is 154 Å². The fourth-order valence-electron chi connectivity index (χ4n) is 7.49. The van der Waals surface area contributed by atoms with Crippen LogP contribution >= 0.6 is 0 Å². The van der Waals surface area contributed by atoms with Crippen molar-refractivity contribution in [3.8, 4) is 0 Å². The van der Waals surface area contributed by atoms with Gasteiger partial charge >= 0.3 is 17.9 Å². The van der Waals surface area contributed by atoms with E-state index >= 15 is 0 Å². The van der Waals surface area contributed by atoms with E-state index in [1.807, 2.05) is 12.2 Å². The molecule has 73 heavy (non-hydrogen) atoms. The predicted molar refractivity (Wildman–Crippen MR) is 315 cm³/mol. The van der Waals surface area contributed by atoms with Crippen molar-refractivity contribution in [3.63, 3.8) is 0 Å². The Kier molecular flexibility index (Phi) is 56.0. The first-order valence-corrected chi connectivity index (χ1v) is 29.3. The number of esters is 3. The smallest absolute Gasteiger partial charge is 0.306 e. The van der Waals surface area contributed by atoms with Crippen molar-refractivity contribution in [1.29, 1.82) is 0 Å². The summed E-state index contributed by atoms with van der Waals surface area (Å²) in [5.41, 5.74) is 0. The molecule has 0 N–H and O–H groups in total. The third kappa shape index (κ3) is 58.1. The second-order valence-electron chi connectivity index (χ2n) is 18.8. The third-order valence-corrected chi connectivity index (χ3v) is 11.8. The molecular weight excluding hydrogens is 901 g/mol. The summed E-state index contributed by atoms with van der Waals surface area (Å²) >= 11 is 0. The number of unbranched alkanes of at least 4 members (excludes halogenated alkanes) is 16. The molecular formula is C67H106O6. The van der Waals surface area contributed by atoms with Crippen LogP contribution in [0.15, 0.2) is 146 Å². The number of carbonyl (C=O) groups is 3. The summed E-state index contributed by atoms with van der Waals surface area (Å²) in [6, 6.07) is 0. The van der Waals surface area contributed by atoms with Crippen molar-refractivity contribution in [2.75, 3.05) is 13.2 Å². The number of rotatable bonds is 51. The zero-order valence-corrected chi connectivity index (χ0v) is 46.8. The summed E-state index contributed by atoms with van der Waals surface area (Å²) in [5, 5.41) is 0. The molecule has 0 aliphatic heterocycles. The van der Waals surface area contributed by atoms with Crippen LogP contribution in [0.3, 0.4) is 0 Å². The molecule has 0 fully saturated rings. The Balaban J connectivity index is 4.56. The summed E-state index contributed by atoms with van der Waals surface area (Å²) in [7, 11) is 0. The Morgan fingerprint density at radius 2 is 0.562 bits per heavy atom. The van der Waals surface area contributed by atoms with Gasteiger partial charge in [-0.05, 0) is 128 Å². The SMILES string of the molecule is CC/C=C\C/C=C\C/C=C\C/C=C\C/C=C\C/C=C\CCC(=O)OC(COC(=O)CCCC/C=C\C/C=C\C/C=C\C/C=C\CC)COC(=O)CCCCCCCCCCC/C=C\C/C=C\CCCCCCC. The fraction of sp³-hybridized carbons (Fsp3) is 0.597. The summed E-state index contributed by atoms with van der Waals surface area (Å²) in [6.07, 6.45) is 85.7. The lowest BCUT2D eigenvalue weighted by molar-refractivity contribution is -0.166. The monoisotopic (exact) mass is 1010 g/mol. The molecule has 0 aromatic heterocycles. The van der Waals surface area contributed by atoms with Gasteiger partial charge in [0, 0.05) is 19.3 Å². The van der Waals surface area contributed by atoms with Crippen molar-refractivity contribution in [3.05, 3.63) is 146 Å². The van der Waals surface area contributed by atoms with Crippen LogP contribution in [0.1, 0.15) is 239 Å². The Bertz CT molecular complexity index is 1630. The maximum atomic E-state index is 12.8. The molecule has 0 radical (unpaired) electrons. The van der Waals surface area contributed by atoms with Crippen LogP contribution in [0.4, 0.5) is 0 Å². The Hall–Kier alpha value is -4.71. The van der Waals surface area contributed by atoms with E-state index in [1.54, 1.807) is 0 Å². The van der Waals surface area contributed by atoms with Crippen molar-refractivity contribution in [1.82, 2.24) is 0 Å². The molecule has 0 rings (SSSR count). The van der Waals surface area contributed by atoms with Gasteiger partial charge in [0.2, 0.25) is 0 Å². The van der Waals surface area contributed by atoms with Crippen LogP contribution in [0.5, 0.6) is 0 Å². The first kappa shape index (κ1) is 68.3. The predicted octanol–water partition coefficient (Wildman–Crippen LogP) is 20.0. The minimum Gasteiger partial charge on any atom is -0.462 e. The second-order valence-corrected chi connectivity index (χ2v) is 18.8. The first-order chi connectivity index (χ1) is 36.0. The van der Waals surface area contributed by atoms with Crippen molar-refractivity contribution in [2.45, 2.75) is 245 Å². The van der Waals surface area contributed by atoms with E-state index in [9.17, 15) is 14.4 Å². The zero-order chi connectivity index (χ0) is 52.9. The lowest BCUT2D eigenvalue weighted by Crippen LogP contribution is -2.30. The van der Waals surface area contributed by atoms with E-state index in [1.165, 1.54) is 83.5 Å². The summed E-state index contributed by atoms with van der Waals surface area (Å²) in [5.74, 6) is -1.07. The van der Waals surface area contributed by atoms with Crippen LogP contribution in [0, 0.1) is 0 Å². The third-order valence-electron chi connectivity index (χ3n) is 11.8. The van der Waals surface area contributed by atoms with Gasteiger partial charge in [-0.15, -0.1) is 0 Å². The molecule has 6 heteroatoms. The molecule has 0 amide bonds. The Labute approximate surface area is 448 Å². The number of carbonyl (C=O) groups excluding carboxylic acids is 3. The zero-order valence-electron chi connectivity index (χ0n) is 46.8. The number of ether oxygens (including phenoxy) is 3. The van der Waals surface area contributed by atoms with Crippen LogP contribution < -0.4 is 0 Å². The number of hydrogen-bond acceptors (Lipinski definition) is 6. The van der Waals surface area contributed by atoms with E-state index < -0.39 is 12.1 Å². The highest BCUT2D eigenvalue weighted by molar-refractivity contribution is 5.71. The maximum Gasteiger partial charge on any atom is 0.306 e. The molecule has 0 aromatic rings. The highest BCUT2D eigenvalue weighted by atomic mass is 16.6. The van der Waals surface area contributed by atoms with Crippen molar-refractivity contribution in [2.24, 2.45) is 0 Å². The summed E-state index contributed by atoms with van der Waals surface area (Å²) < 4.78 is 16.8.